The molecular weight excluding hydrogens is 338 g/mol. The fourth-order valence-corrected chi connectivity index (χ4v) is 4.87. The zero-order valence-corrected chi connectivity index (χ0v) is 16.7. The molecule has 0 atom stereocenters. The SMILES string of the molecule is C=C(C)Cc1c(C)cc2ccccc2c1-c1ccc2c3c(ccnc13)CCC2. The normalized spacial score (nSPS) is 13.2. The lowest BCUT2D eigenvalue weighted by atomic mass is 9.83. The maximum absolute atomic E-state index is 4.90. The Morgan fingerprint density at radius 1 is 1.04 bits per heavy atom. The molecule has 5 rings (SSSR count). The molecular formula is C27H25N. The number of pyridine rings is 1. The van der Waals surface area contributed by atoms with Gasteiger partial charge in [0.1, 0.15) is 0 Å². The molecule has 0 saturated heterocycles. The summed E-state index contributed by atoms with van der Waals surface area (Å²) in [5.74, 6) is 0. The average molecular weight is 364 g/mol. The second-order valence-corrected chi connectivity index (χ2v) is 8.22. The summed E-state index contributed by atoms with van der Waals surface area (Å²) in [5.41, 5.74) is 10.6. The molecule has 1 heteroatoms. The molecule has 0 N–H and O–H groups in total. The van der Waals surface area contributed by atoms with Gasteiger partial charge in [-0.2, -0.15) is 0 Å². The van der Waals surface area contributed by atoms with Crippen LogP contribution in [0.5, 0.6) is 0 Å². The minimum absolute atomic E-state index is 0.898. The van der Waals surface area contributed by atoms with Crippen molar-refractivity contribution in [3.63, 3.8) is 0 Å². The van der Waals surface area contributed by atoms with Crippen LogP contribution in [-0.4, -0.2) is 4.98 Å². The number of hydrogen-bond donors (Lipinski definition) is 0. The molecule has 0 unspecified atom stereocenters. The average Bonchev–Trinajstić information content (AvgIpc) is 2.70. The highest BCUT2D eigenvalue weighted by Gasteiger charge is 2.20. The highest BCUT2D eigenvalue weighted by molar-refractivity contribution is 6.07. The molecule has 4 aromatic rings. The first kappa shape index (κ1) is 17.2. The third kappa shape index (κ3) is 2.65. The monoisotopic (exact) mass is 363 g/mol. The molecule has 3 aromatic carbocycles. The number of fused-ring (bicyclic) bond motifs is 1. The summed E-state index contributed by atoms with van der Waals surface area (Å²) >= 11 is 0. The summed E-state index contributed by atoms with van der Waals surface area (Å²) in [5, 5.41) is 3.99. The number of benzene rings is 3. The number of rotatable bonds is 3. The van der Waals surface area contributed by atoms with Gasteiger partial charge in [0.25, 0.3) is 0 Å². The Morgan fingerprint density at radius 2 is 1.82 bits per heavy atom. The highest BCUT2D eigenvalue weighted by Crippen LogP contribution is 2.41. The number of hydrogen-bond acceptors (Lipinski definition) is 1. The first-order valence-corrected chi connectivity index (χ1v) is 10.2. The van der Waals surface area contributed by atoms with E-state index in [9.17, 15) is 0 Å². The molecule has 0 bridgehead atoms. The van der Waals surface area contributed by atoms with Gasteiger partial charge in [0.15, 0.2) is 0 Å². The molecule has 0 saturated carbocycles. The zero-order valence-electron chi connectivity index (χ0n) is 16.7. The third-order valence-corrected chi connectivity index (χ3v) is 6.08. The van der Waals surface area contributed by atoms with Crippen LogP contribution in [0, 0.1) is 6.92 Å². The van der Waals surface area contributed by atoms with Crippen molar-refractivity contribution in [3.8, 4) is 11.1 Å². The predicted octanol–water partition coefficient (Wildman–Crippen LogP) is 6.97. The summed E-state index contributed by atoms with van der Waals surface area (Å²) in [6.45, 7) is 8.55. The Bertz CT molecular complexity index is 1240. The van der Waals surface area contributed by atoms with Crippen molar-refractivity contribution in [2.24, 2.45) is 0 Å². The van der Waals surface area contributed by atoms with E-state index in [1.807, 2.05) is 6.20 Å². The third-order valence-electron chi connectivity index (χ3n) is 6.08. The quantitative estimate of drug-likeness (QED) is 0.358. The number of allylic oxidation sites excluding steroid dienone is 1. The lowest BCUT2D eigenvalue weighted by Gasteiger charge is -2.21. The summed E-state index contributed by atoms with van der Waals surface area (Å²) < 4.78 is 0. The summed E-state index contributed by atoms with van der Waals surface area (Å²) in [7, 11) is 0. The first-order valence-electron chi connectivity index (χ1n) is 10.2. The van der Waals surface area contributed by atoms with Crippen LogP contribution >= 0.6 is 0 Å². The van der Waals surface area contributed by atoms with Crippen molar-refractivity contribution in [1.82, 2.24) is 4.98 Å². The summed E-state index contributed by atoms with van der Waals surface area (Å²) in [6.07, 6.45) is 6.44. The van der Waals surface area contributed by atoms with Crippen molar-refractivity contribution < 1.29 is 0 Å². The molecule has 0 spiro atoms. The molecule has 0 aliphatic heterocycles. The van der Waals surface area contributed by atoms with E-state index in [4.69, 9.17) is 4.98 Å². The van der Waals surface area contributed by atoms with E-state index in [-0.39, 0.29) is 0 Å². The van der Waals surface area contributed by atoms with Gasteiger partial charge in [-0.15, -0.1) is 0 Å². The van der Waals surface area contributed by atoms with Crippen LogP contribution in [-0.2, 0) is 19.3 Å². The molecule has 1 aromatic heterocycles. The van der Waals surface area contributed by atoms with Crippen molar-refractivity contribution in [3.05, 3.63) is 89.1 Å². The standard InChI is InChI=1S/C27H25N/c1-17(2)15-24-18(3)16-21-7-4-5-10-22(21)26(24)23-12-11-19-8-6-9-20-13-14-28-27(23)25(19)20/h4-5,7,10-14,16H,1,6,8-9,15H2,2-3H3. The fourth-order valence-electron chi connectivity index (χ4n) is 4.87. The molecule has 28 heavy (non-hydrogen) atoms. The first-order chi connectivity index (χ1) is 13.6. The van der Waals surface area contributed by atoms with Gasteiger partial charge in [-0.1, -0.05) is 54.6 Å². The van der Waals surface area contributed by atoms with Gasteiger partial charge < -0.3 is 0 Å². The van der Waals surface area contributed by atoms with Crippen LogP contribution in [0.1, 0.15) is 35.6 Å². The molecule has 1 nitrogen and oxygen atoms in total. The van der Waals surface area contributed by atoms with Crippen molar-refractivity contribution >= 4 is 21.7 Å². The lowest BCUT2D eigenvalue weighted by Crippen LogP contribution is -2.04. The van der Waals surface area contributed by atoms with E-state index in [2.05, 4.69) is 69.0 Å². The lowest BCUT2D eigenvalue weighted by molar-refractivity contribution is 0.806. The van der Waals surface area contributed by atoms with Gasteiger partial charge >= 0.3 is 0 Å². The molecule has 1 aliphatic carbocycles. The molecule has 0 radical (unpaired) electrons. The van der Waals surface area contributed by atoms with Gasteiger partial charge in [0.05, 0.1) is 5.52 Å². The molecule has 0 fully saturated rings. The zero-order chi connectivity index (χ0) is 19.3. The smallest absolute Gasteiger partial charge is 0.0786 e. The topological polar surface area (TPSA) is 12.9 Å². The fraction of sp³-hybridized carbons (Fsp3) is 0.222. The Kier molecular flexibility index (Phi) is 4.05. The van der Waals surface area contributed by atoms with Crippen LogP contribution in [0.15, 0.2) is 66.9 Å². The van der Waals surface area contributed by atoms with E-state index in [0.717, 1.165) is 24.8 Å². The Labute approximate surface area is 166 Å². The van der Waals surface area contributed by atoms with Crippen LogP contribution in [0.3, 0.4) is 0 Å². The van der Waals surface area contributed by atoms with Crippen LogP contribution in [0.2, 0.25) is 0 Å². The molecule has 0 amide bonds. The highest BCUT2D eigenvalue weighted by atomic mass is 14.7. The van der Waals surface area contributed by atoms with Gasteiger partial charge in [0, 0.05) is 17.1 Å². The Hall–Kier alpha value is -2.93. The van der Waals surface area contributed by atoms with Gasteiger partial charge in [-0.05, 0) is 84.2 Å². The molecule has 1 aliphatic rings. The van der Waals surface area contributed by atoms with Crippen LogP contribution in [0.25, 0.3) is 32.8 Å². The van der Waals surface area contributed by atoms with E-state index < -0.39 is 0 Å². The second kappa shape index (κ2) is 6.60. The van der Waals surface area contributed by atoms with Crippen LogP contribution < -0.4 is 0 Å². The number of aryl methyl sites for hydroxylation is 3. The van der Waals surface area contributed by atoms with Crippen molar-refractivity contribution in [2.75, 3.05) is 0 Å². The van der Waals surface area contributed by atoms with Gasteiger partial charge in [-0.3, -0.25) is 4.98 Å². The minimum Gasteiger partial charge on any atom is -0.256 e. The molecule has 1 heterocycles. The second-order valence-electron chi connectivity index (χ2n) is 8.22. The number of nitrogens with zero attached hydrogens (tertiary/aromatic N) is 1. The Morgan fingerprint density at radius 3 is 2.64 bits per heavy atom. The van der Waals surface area contributed by atoms with Crippen LogP contribution in [0.4, 0.5) is 0 Å². The predicted molar refractivity (Wildman–Crippen MR) is 120 cm³/mol. The van der Waals surface area contributed by atoms with Gasteiger partial charge in [0.2, 0.25) is 0 Å². The maximum atomic E-state index is 4.90. The van der Waals surface area contributed by atoms with E-state index in [1.165, 1.54) is 61.5 Å². The summed E-state index contributed by atoms with van der Waals surface area (Å²) in [4.78, 5) is 4.90. The number of aromatic nitrogens is 1. The Balaban J connectivity index is 1.92. The van der Waals surface area contributed by atoms with E-state index in [1.54, 1.807) is 0 Å². The maximum Gasteiger partial charge on any atom is 0.0786 e. The van der Waals surface area contributed by atoms with E-state index in [0.29, 0.717) is 0 Å². The largest absolute Gasteiger partial charge is 0.256 e. The van der Waals surface area contributed by atoms with E-state index >= 15 is 0 Å². The van der Waals surface area contributed by atoms with Crippen molar-refractivity contribution in [2.45, 2.75) is 39.5 Å². The minimum atomic E-state index is 0.898. The van der Waals surface area contributed by atoms with Crippen molar-refractivity contribution in [1.29, 1.82) is 0 Å². The summed E-state index contributed by atoms with van der Waals surface area (Å²) in [6, 6.07) is 17.9. The molecule has 138 valence electrons. The van der Waals surface area contributed by atoms with Gasteiger partial charge in [-0.25, -0.2) is 0 Å².